The minimum absolute atomic E-state index is 0.130. The number of carbonyl (C=O) groups excluding carboxylic acids is 1. The summed E-state index contributed by atoms with van der Waals surface area (Å²) in [6, 6.07) is 10.3. The van der Waals surface area contributed by atoms with Gasteiger partial charge in [0.2, 0.25) is 0 Å². The van der Waals surface area contributed by atoms with Crippen LogP contribution in [0.1, 0.15) is 34.6 Å². The summed E-state index contributed by atoms with van der Waals surface area (Å²) in [5, 5.41) is 10.6. The highest BCUT2D eigenvalue weighted by molar-refractivity contribution is 6.14. The van der Waals surface area contributed by atoms with Gasteiger partial charge >= 0.3 is 5.97 Å². The SMILES string of the molecule is CCN(CC)C(=O)c1cccc2cccc(C(=O)O)c12. The average Bonchev–Trinajstić information content (AvgIpc) is 2.46. The van der Waals surface area contributed by atoms with E-state index in [0.717, 1.165) is 5.39 Å². The van der Waals surface area contributed by atoms with Crippen LogP contribution >= 0.6 is 0 Å². The Morgan fingerprint density at radius 1 is 1.00 bits per heavy atom. The molecule has 0 aliphatic heterocycles. The molecule has 0 bridgehead atoms. The first-order valence-corrected chi connectivity index (χ1v) is 6.64. The van der Waals surface area contributed by atoms with E-state index in [0.29, 0.717) is 24.0 Å². The van der Waals surface area contributed by atoms with Crippen molar-refractivity contribution < 1.29 is 14.7 Å². The Morgan fingerprint density at radius 3 is 2.05 bits per heavy atom. The van der Waals surface area contributed by atoms with Gasteiger partial charge < -0.3 is 10.0 Å². The summed E-state index contributed by atoms with van der Waals surface area (Å²) in [5.41, 5.74) is 0.614. The Labute approximate surface area is 117 Å². The van der Waals surface area contributed by atoms with Crippen molar-refractivity contribution in [3.05, 3.63) is 47.5 Å². The van der Waals surface area contributed by atoms with Gasteiger partial charge in [-0.05, 0) is 31.4 Å². The molecule has 4 heteroatoms. The van der Waals surface area contributed by atoms with Crippen LogP contribution < -0.4 is 0 Å². The van der Waals surface area contributed by atoms with Gasteiger partial charge in [0.25, 0.3) is 5.91 Å². The van der Waals surface area contributed by atoms with Crippen LogP contribution in [0.5, 0.6) is 0 Å². The number of carboxylic acid groups (broad SMARTS) is 1. The smallest absolute Gasteiger partial charge is 0.336 e. The summed E-state index contributed by atoms with van der Waals surface area (Å²) >= 11 is 0. The molecule has 0 spiro atoms. The Kier molecular flexibility index (Phi) is 4.03. The van der Waals surface area contributed by atoms with Crippen LogP contribution in [-0.4, -0.2) is 35.0 Å². The van der Waals surface area contributed by atoms with E-state index in [1.54, 1.807) is 23.1 Å². The molecule has 1 amide bonds. The minimum atomic E-state index is -1.02. The summed E-state index contributed by atoms with van der Waals surface area (Å²) in [6.07, 6.45) is 0. The first-order valence-electron chi connectivity index (χ1n) is 6.64. The van der Waals surface area contributed by atoms with Crippen LogP contribution in [0.2, 0.25) is 0 Å². The fourth-order valence-corrected chi connectivity index (χ4v) is 2.38. The second-order valence-corrected chi connectivity index (χ2v) is 4.49. The third-order valence-electron chi connectivity index (χ3n) is 3.42. The fraction of sp³-hybridized carbons (Fsp3) is 0.250. The molecule has 2 aromatic carbocycles. The number of nitrogens with zero attached hydrogens (tertiary/aromatic N) is 1. The van der Waals surface area contributed by atoms with Crippen LogP contribution in [0.4, 0.5) is 0 Å². The maximum absolute atomic E-state index is 12.5. The van der Waals surface area contributed by atoms with Crippen LogP contribution in [-0.2, 0) is 0 Å². The van der Waals surface area contributed by atoms with Crippen molar-refractivity contribution >= 4 is 22.6 Å². The molecule has 0 heterocycles. The number of amides is 1. The Bertz CT molecular complexity index is 655. The monoisotopic (exact) mass is 271 g/mol. The highest BCUT2D eigenvalue weighted by atomic mass is 16.4. The van der Waals surface area contributed by atoms with Gasteiger partial charge in [-0.25, -0.2) is 4.79 Å². The largest absolute Gasteiger partial charge is 0.478 e. The van der Waals surface area contributed by atoms with Crippen LogP contribution in [0.15, 0.2) is 36.4 Å². The number of hydrogen-bond donors (Lipinski definition) is 1. The minimum Gasteiger partial charge on any atom is -0.478 e. The summed E-state index contributed by atoms with van der Waals surface area (Å²) in [5.74, 6) is -1.15. The van der Waals surface area contributed by atoms with Crippen molar-refractivity contribution in [2.24, 2.45) is 0 Å². The quantitative estimate of drug-likeness (QED) is 0.930. The molecule has 0 radical (unpaired) electrons. The number of aromatic carboxylic acids is 1. The van der Waals surface area contributed by atoms with Crippen molar-refractivity contribution in [2.75, 3.05) is 13.1 Å². The van der Waals surface area contributed by atoms with Crippen molar-refractivity contribution in [2.45, 2.75) is 13.8 Å². The topological polar surface area (TPSA) is 57.6 Å². The second-order valence-electron chi connectivity index (χ2n) is 4.49. The van der Waals surface area contributed by atoms with Gasteiger partial charge in [0, 0.05) is 24.0 Å². The van der Waals surface area contributed by atoms with E-state index in [1.807, 2.05) is 26.0 Å². The van der Waals surface area contributed by atoms with Crippen LogP contribution in [0.3, 0.4) is 0 Å². The van der Waals surface area contributed by atoms with Gasteiger partial charge in [0.1, 0.15) is 0 Å². The zero-order valence-corrected chi connectivity index (χ0v) is 11.6. The molecule has 20 heavy (non-hydrogen) atoms. The molecule has 0 saturated carbocycles. The zero-order chi connectivity index (χ0) is 14.7. The maximum Gasteiger partial charge on any atom is 0.336 e. The number of fused-ring (bicyclic) bond motifs is 1. The lowest BCUT2D eigenvalue weighted by atomic mass is 9.98. The normalized spacial score (nSPS) is 10.5. The summed E-state index contributed by atoms with van der Waals surface area (Å²) in [7, 11) is 0. The predicted octanol–water partition coefficient (Wildman–Crippen LogP) is 3.02. The van der Waals surface area contributed by atoms with E-state index in [2.05, 4.69) is 0 Å². The van der Waals surface area contributed by atoms with Crippen molar-refractivity contribution in [3.63, 3.8) is 0 Å². The van der Waals surface area contributed by atoms with E-state index in [9.17, 15) is 14.7 Å². The van der Waals surface area contributed by atoms with Crippen molar-refractivity contribution in [3.8, 4) is 0 Å². The van der Waals surface area contributed by atoms with Crippen LogP contribution in [0.25, 0.3) is 10.8 Å². The first kappa shape index (κ1) is 14.1. The van der Waals surface area contributed by atoms with Gasteiger partial charge in [-0.15, -0.1) is 0 Å². The molecule has 1 N–H and O–H groups in total. The highest BCUT2D eigenvalue weighted by Gasteiger charge is 2.19. The number of carboxylic acids is 1. The number of hydrogen-bond acceptors (Lipinski definition) is 2. The molecule has 0 atom stereocenters. The lowest BCUT2D eigenvalue weighted by Gasteiger charge is -2.20. The Morgan fingerprint density at radius 2 is 1.55 bits per heavy atom. The Balaban J connectivity index is 2.70. The molecule has 0 aromatic heterocycles. The van der Waals surface area contributed by atoms with Gasteiger partial charge in [0.15, 0.2) is 0 Å². The molecule has 2 aromatic rings. The molecule has 2 rings (SSSR count). The van der Waals surface area contributed by atoms with E-state index < -0.39 is 5.97 Å². The van der Waals surface area contributed by atoms with Gasteiger partial charge in [0.05, 0.1) is 5.56 Å². The second kappa shape index (κ2) is 5.74. The predicted molar refractivity (Wildman–Crippen MR) is 78.2 cm³/mol. The average molecular weight is 271 g/mol. The molecule has 104 valence electrons. The number of carbonyl (C=O) groups is 2. The molecule has 0 aliphatic carbocycles. The molecular weight excluding hydrogens is 254 g/mol. The van der Waals surface area contributed by atoms with E-state index in [1.165, 1.54) is 6.07 Å². The highest BCUT2D eigenvalue weighted by Crippen LogP contribution is 2.24. The van der Waals surface area contributed by atoms with Gasteiger partial charge in [-0.1, -0.05) is 24.3 Å². The molecule has 0 saturated heterocycles. The van der Waals surface area contributed by atoms with E-state index >= 15 is 0 Å². The van der Waals surface area contributed by atoms with Crippen molar-refractivity contribution in [1.29, 1.82) is 0 Å². The third kappa shape index (κ3) is 2.37. The number of rotatable bonds is 4. The van der Waals surface area contributed by atoms with E-state index in [4.69, 9.17) is 0 Å². The zero-order valence-electron chi connectivity index (χ0n) is 11.6. The number of benzene rings is 2. The summed E-state index contributed by atoms with van der Waals surface area (Å²) in [4.78, 5) is 25.6. The Hall–Kier alpha value is -2.36. The van der Waals surface area contributed by atoms with Crippen molar-refractivity contribution in [1.82, 2.24) is 4.90 Å². The lowest BCUT2D eigenvalue weighted by molar-refractivity contribution is 0.0699. The van der Waals surface area contributed by atoms with Gasteiger partial charge in [-0.2, -0.15) is 0 Å². The molecule has 0 fully saturated rings. The molecule has 4 nitrogen and oxygen atoms in total. The maximum atomic E-state index is 12.5. The molecular formula is C16H17NO3. The summed E-state index contributed by atoms with van der Waals surface area (Å²) in [6.45, 7) is 5.01. The van der Waals surface area contributed by atoms with Gasteiger partial charge in [-0.3, -0.25) is 4.79 Å². The third-order valence-corrected chi connectivity index (χ3v) is 3.42. The standard InChI is InChI=1S/C16H17NO3/c1-3-17(4-2)15(18)12-9-5-7-11-8-6-10-13(14(11)12)16(19)20/h5-10H,3-4H2,1-2H3,(H,19,20). The van der Waals surface area contributed by atoms with Crippen LogP contribution in [0, 0.1) is 0 Å². The van der Waals surface area contributed by atoms with E-state index in [-0.39, 0.29) is 11.5 Å². The lowest BCUT2D eigenvalue weighted by Crippen LogP contribution is -2.30. The summed E-state index contributed by atoms with van der Waals surface area (Å²) < 4.78 is 0. The first-order chi connectivity index (χ1) is 9.60. The fourth-order valence-electron chi connectivity index (χ4n) is 2.38. The molecule has 0 aliphatic rings. The molecule has 0 unspecified atom stereocenters.